The van der Waals surface area contributed by atoms with Crippen molar-refractivity contribution in [3.8, 4) is 5.75 Å². The normalized spacial score (nSPS) is 21.5. The van der Waals surface area contributed by atoms with Gasteiger partial charge in [0.25, 0.3) is 0 Å². The molecule has 0 amide bonds. The van der Waals surface area contributed by atoms with Crippen molar-refractivity contribution >= 4 is 43.6 Å². The summed E-state index contributed by atoms with van der Waals surface area (Å²) < 4.78 is 11.2. The summed E-state index contributed by atoms with van der Waals surface area (Å²) in [6, 6.07) is 18.7. The van der Waals surface area contributed by atoms with E-state index < -0.39 is 0 Å². The van der Waals surface area contributed by atoms with Crippen molar-refractivity contribution in [2.24, 2.45) is 0 Å². The van der Waals surface area contributed by atoms with Gasteiger partial charge >= 0.3 is 0 Å². The first-order valence-corrected chi connectivity index (χ1v) is 9.15. The molecule has 2 aliphatic rings. The Morgan fingerprint density at radius 1 is 0.769 bits per heavy atom. The van der Waals surface area contributed by atoms with Crippen LogP contribution in [0.4, 0.5) is 0 Å². The van der Waals surface area contributed by atoms with E-state index >= 15 is 0 Å². The van der Waals surface area contributed by atoms with Crippen LogP contribution in [0.25, 0.3) is 43.6 Å². The summed E-state index contributed by atoms with van der Waals surface area (Å²) in [7, 11) is 0. The highest BCUT2D eigenvalue weighted by Gasteiger charge is 2.36. The van der Waals surface area contributed by atoms with Crippen molar-refractivity contribution in [3.63, 3.8) is 0 Å². The average Bonchev–Trinajstić information content (AvgIpc) is 3.30. The van der Waals surface area contributed by atoms with E-state index in [2.05, 4.69) is 51.6 Å². The van der Waals surface area contributed by atoms with Gasteiger partial charge in [0.05, 0.1) is 27.5 Å². The number of ether oxygens (including phenoxy) is 1. The van der Waals surface area contributed by atoms with Crippen LogP contribution in [0.5, 0.6) is 5.75 Å². The number of aromatic nitrogens is 2. The second kappa shape index (κ2) is 4.22. The smallest absolute Gasteiger partial charge is 0.137 e. The number of aromatic hydroxyl groups is 1. The van der Waals surface area contributed by atoms with Gasteiger partial charge in [0.1, 0.15) is 18.2 Å². The molecule has 3 aromatic carbocycles. The highest BCUT2D eigenvalue weighted by molar-refractivity contribution is 6.24. The second-order valence-corrected chi connectivity index (χ2v) is 7.41. The molecular formula is C22H16N2O2. The summed E-state index contributed by atoms with van der Waals surface area (Å²) in [5.41, 5.74) is 4.60. The van der Waals surface area contributed by atoms with Crippen molar-refractivity contribution in [1.82, 2.24) is 9.13 Å². The molecule has 26 heavy (non-hydrogen) atoms. The van der Waals surface area contributed by atoms with Crippen LogP contribution in [0.2, 0.25) is 0 Å². The second-order valence-electron chi connectivity index (χ2n) is 7.41. The summed E-state index contributed by atoms with van der Waals surface area (Å²) in [4.78, 5) is 0. The molecule has 2 bridgehead atoms. The maximum atomic E-state index is 11.0. The molecule has 0 unspecified atom stereocenters. The van der Waals surface area contributed by atoms with E-state index in [1.165, 1.54) is 16.4 Å². The van der Waals surface area contributed by atoms with Gasteiger partial charge in [0.2, 0.25) is 0 Å². The van der Waals surface area contributed by atoms with Gasteiger partial charge < -0.3 is 19.0 Å². The molecule has 2 aliphatic heterocycles. The first-order valence-electron chi connectivity index (χ1n) is 9.15. The lowest BCUT2D eigenvalue weighted by atomic mass is 10.1. The molecule has 0 spiro atoms. The SMILES string of the molecule is Oc1cc2c3ccccc3n3c2c2c1c1ccccc1n2[C@H]1CC[C@@H]3O1. The van der Waals surface area contributed by atoms with Gasteiger partial charge in [0.15, 0.2) is 0 Å². The van der Waals surface area contributed by atoms with Gasteiger partial charge in [-0.1, -0.05) is 36.4 Å². The van der Waals surface area contributed by atoms with Crippen LogP contribution in [-0.4, -0.2) is 14.2 Å². The molecule has 1 saturated heterocycles. The third-order valence-electron chi connectivity index (χ3n) is 6.17. The number of benzene rings is 3. The Hall–Kier alpha value is -2.98. The number of nitrogens with zero attached hydrogens (tertiary/aromatic N) is 2. The van der Waals surface area contributed by atoms with Crippen molar-refractivity contribution in [2.45, 2.75) is 25.3 Å². The Balaban J connectivity index is 1.90. The third-order valence-corrected chi connectivity index (χ3v) is 6.17. The highest BCUT2D eigenvalue weighted by Crippen LogP contribution is 2.51. The molecule has 2 aromatic heterocycles. The molecule has 5 aromatic rings. The standard InChI is InChI=1S/C22H16N2O2/c25-17-11-14-12-5-1-3-7-15(12)23-18-9-10-19(26-18)24-16-8-4-2-6-13(16)20(17)22(24)21(14)23/h1-8,11,18-19,25H,9-10H2/t18-,19+/m0/s1. The summed E-state index contributed by atoms with van der Waals surface area (Å²) in [6.45, 7) is 0. The zero-order valence-corrected chi connectivity index (χ0v) is 14.0. The number of rotatable bonds is 0. The topological polar surface area (TPSA) is 39.3 Å². The number of hydrogen-bond donors (Lipinski definition) is 1. The van der Waals surface area contributed by atoms with Crippen LogP contribution in [0.1, 0.15) is 25.3 Å². The van der Waals surface area contributed by atoms with Crippen LogP contribution in [0.3, 0.4) is 0 Å². The third kappa shape index (κ3) is 1.32. The lowest BCUT2D eigenvalue weighted by Crippen LogP contribution is -2.07. The van der Waals surface area contributed by atoms with E-state index in [1.54, 1.807) is 0 Å². The average molecular weight is 340 g/mol. The first-order chi connectivity index (χ1) is 12.8. The van der Waals surface area contributed by atoms with Crippen molar-refractivity contribution in [1.29, 1.82) is 0 Å². The molecule has 4 heteroatoms. The largest absolute Gasteiger partial charge is 0.507 e. The number of phenols is 1. The fourth-order valence-corrected chi connectivity index (χ4v) is 5.22. The minimum Gasteiger partial charge on any atom is -0.507 e. The Bertz CT molecular complexity index is 1390. The summed E-state index contributed by atoms with van der Waals surface area (Å²) in [6.07, 6.45) is 2.06. The van der Waals surface area contributed by atoms with E-state index in [-0.39, 0.29) is 12.5 Å². The minimum absolute atomic E-state index is 0.0195. The van der Waals surface area contributed by atoms with Crippen molar-refractivity contribution < 1.29 is 9.84 Å². The number of phenolic OH excluding ortho intramolecular Hbond substituents is 1. The number of hydrogen-bond acceptors (Lipinski definition) is 2. The van der Waals surface area contributed by atoms with Gasteiger partial charge in [-0.2, -0.15) is 0 Å². The fraction of sp³-hybridized carbons (Fsp3) is 0.182. The summed E-state index contributed by atoms with van der Waals surface area (Å²) in [5.74, 6) is 0.350. The van der Waals surface area contributed by atoms with Gasteiger partial charge in [-0.15, -0.1) is 0 Å². The van der Waals surface area contributed by atoms with E-state index in [1.807, 2.05) is 12.1 Å². The zero-order valence-electron chi connectivity index (χ0n) is 14.0. The fourth-order valence-electron chi connectivity index (χ4n) is 5.22. The minimum atomic E-state index is 0.0195. The van der Waals surface area contributed by atoms with Crippen molar-refractivity contribution in [2.75, 3.05) is 0 Å². The Labute approximate surface area is 148 Å². The molecule has 1 fully saturated rings. The van der Waals surface area contributed by atoms with Gasteiger partial charge in [0, 0.05) is 16.2 Å². The van der Waals surface area contributed by atoms with Gasteiger partial charge in [-0.25, -0.2) is 0 Å². The highest BCUT2D eigenvalue weighted by atomic mass is 16.5. The predicted molar refractivity (Wildman–Crippen MR) is 103 cm³/mol. The maximum Gasteiger partial charge on any atom is 0.137 e. The van der Waals surface area contributed by atoms with Crippen LogP contribution in [0, 0.1) is 0 Å². The molecule has 1 N–H and O–H groups in total. The van der Waals surface area contributed by atoms with Crippen LogP contribution >= 0.6 is 0 Å². The quantitative estimate of drug-likeness (QED) is 0.408. The summed E-state index contributed by atoms with van der Waals surface area (Å²) >= 11 is 0. The van der Waals surface area contributed by atoms with E-state index in [0.717, 1.165) is 40.0 Å². The molecular weight excluding hydrogens is 324 g/mol. The summed E-state index contributed by atoms with van der Waals surface area (Å²) in [5, 5.41) is 15.3. The Morgan fingerprint density at radius 3 is 2.15 bits per heavy atom. The number of fused-ring (bicyclic) bond motifs is 10. The lowest BCUT2D eigenvalue weighted by molar-refractivity contribution is -0.0229. The maximum absolute atomic E-state index is 11.0. The Kier molecular flexibility index (Phi) is 2.15. The first kappa shape index (κ1) is 13.3. The van der Waals surface area contributed by atoms with E-state index in [0.29, 0.717) is 5.75 Å². The molecule has 0 saturated carbocycles. The Morgan fingerprint density at radius 2 is 1.38 bits per heavy atom. The van der Waals surface area contributed by atoms with E-state index in [9.17, 15) is 5.11 Å². The molecule has 0 radical (unpaired) electrons. The molecule has 4 nitrogen and oxygen atoms in total. The molecule has 2 atom stereocenters. The van der Waals surface area contributed by atoms with Gasteiger partial charge in [-0.3, -0.25) is 0 Å². The van der Waals surface area contributed by atoms with Gasteiger partial charge in [-0.05, 0) is 31.0 Å². The van der Waals surface area contributed by atoms with Crippen LogP contribution < -0.4 is 0 Å². The molecule has 126 valence electrons. The molecule has 0 aliphatic carbocycles. The van der Waals surface area contributed by atoms with Crippen LogP contribution in [0.15, 0.2) is 54.6 Å². The van der Waals surface area contributed by atoms with Crippen molar-refractivity contribution in [3.05, 3.63) is 54.6 Å². The van der Waals surface area contributed by atoms with E-state index in [4.69, 9.17) is 4.74 Å². The zero-order chi connectivity index (χ0) is 17.0. The number of para-hydroxylation sites is 2. The monoisotopic (exact) mass is 340 g/mol. The molecule has 4 heterocycles. The lowest BCUT2D eigenvalue weighted by Gasteiger charge is -2.15. The van der Waals surface area contributed by atoms with Crippen LogP contribution in [-0.2, 0) is 4.74 Å². The predicted octanol–water partition coefficient (Wildman–Crippen LogP) is 5.43. The molecule has 7 rings (SSSR count).